The number of nitrogens with zero attached hydrogens (tertiary/aromatic N) is 2. The number of hydrogen-bond acceptors (Lipinski definition) is 3. The summed E-state index contributed by atoms with van der Waals surface area (Å²) in [6, 6.07) is 0.208. The van der Waals surface area contributed by atoms with Crippen molar-refractivity contribution in [2.24, 2.45) is 0 Å². The van der Waals surface area contributed by atoms with Gasteiger partial charge in [0.2, 0.25) is 0 Å². The molecule has 0 radical (unpaired) electrons. The highest BCUT2D eigenvalue weighted by Crippen LogP contribution is 2.20. The SMILES string of the molecule is CN1CCN(S(=O)(=O)NC2CC2)CC1. The van der Waals surface area contributed by atoms with E-state index in [1.54, 1.807) is 4.31 Å². The lowest BCUT2D eigenvalue weighted by Crippen LogP contribution is -2.51. The predicted molar refractivity (Wildman–Crippen MR) is 54.1 cm³/mol. The van der Waals surface area contributed by atoms with E-state index in [0.717, 1.165) is 25.9 Å². The molecule has 0 atom stereocenters. The molecule has 1 N–H and O–H groups in total. The summed E-state index contributed by atoms with van der Waals surface area (Å²) in [4.78, 5) is 2.14. The smallest absolute Gasteiger partial charge is 0.279 e. The van der Waals surface area contributed by atoms with E-state index in [-0.39, 0.29) is 6.04 Å². The minimum atomic E-state index is -3.19. The molecule has 2 rings (SSSR count). The lowest BCUT2D eigenvalue weighted by molar-refractivity contribution is 0.221. The molecule has 0 bridgehead atoms. The van der Waals surface area contributed by atoms with Crippen molar-refractivity contribution in [1.29, 1.82) is 0 Å². The molecule has 1 saturated heterocycles. The summed E-state index contributed by atoms with van der Waals surface area (Å²) in [7, 11) is -1.17. The molecule has 1 heterocycles. The zero-order valence-corrected chi connectivity index (χ0v) is 9.26. The molecule has 0 amide bonds. The van der Waals surface area contributed by atoms with Crippen molar-refractivity contribution in [1.82, 2.24) is 13.9 Å². The van der Waals surface area contributed by atoms with Crippen molar-refractivity contribution in [3.63, 3.8) is 0 Å². The molecule has 82 valence electrons. The van der Waals surface area contributed by atoms with Crippen LogP contribution in [0.4, 0.5) is 0 Å². The highest BCUT2D eigenvalue weighted by Gasteiger charge is 2.32. The Labute approximate surface area is 85.2 Å². The Bertz CT molecular complexity index is 292. The molecule has 5 nitrogen and oxygen atoms in total. The molecule has 0 spiro atoms. The number of nitrogens with one attached hydrogen (secondary N) is 1. The van der Waals surface area contributed by atoms with Crippen molar-refractivity contribution in [3.8, 4) is 0 Å². The van der Waals surface area contributed by atoms with E-state index in [2.05, 4.69) is 9.62 Å². The first-order valence-electron chi connectivity index (χ1n) is 5.04. The Hall–Kier alpha value is -0.170. The summed E-state index contributed by atoms with van der Waals surface area (Å²) >= 11 is 0. The summed E-state index contributed by atoms with van der Waals surface area (Å²) in [6.07, 6.45) is 1.99. The topological polar surface area (TPSA) is 52.7 Å². The summed E-state index contributed by atoms with van der Waals surface area (Å²) in [5.74, 6) is 0. The van der Waals surface area contributed by atoms with Gasteiger partial charge in [0.15, 0.2) is 0 Å². The minimum Gasteiger partial charge on any atom is -0.304 e. The molecular formula is C8H17N3O2S. The zero-order valence-electron chi connectivity index (χ0n) is 8.44. The number of hydrogen-bond donors (Lipinski definition) is 1. The lowest BCUT2D eigenvalue weighted by atomic mass is 10.4. The Morgan fingerprint density at radius 3 is 2.21 bits per heavy atom. The molecule has 0 unspecified atom stereocenters. The fourth-order valence-corrected chi connectivity index (χ4v) is 2.96. The third-order valence-electron chi connectivity index (χ3n) is 2.70. The van der Waals surface area contributed by atoms with Crippen LogP contribution in [0.2, 0.25) is 0 Å². The number of piperazine rings is 1. The van der Waals surface area contributed by atoms with Crippen LogP contribution in [0.1, 0.15) is 12.8 Å². The molecule has 0 aromatic heterocycles. The minimum absolute atomic E-state index is 0.208. The van der Waals surface area contributed by atoms with Gasteiger partial charge in [-0.05, 0) is 19.9 Å². The van der Waals surface area contributed by atoms with Crippen LogP contribution < -0.4 is 4.72 Å². The Morgan fingerprint density at radius 2 is 1.71 bits per heavy atom. The summed E-state index contributed by atoms with van der Waals surface area (Å²) < 4.78 is 27.7. The molecule has 6 heteroatoms. The van der Waals surface area contributed by atoms with Gasteiger partial charge in [0, 0.05) is 32.2 Å². The number of rotatable bonds is 3. The van der Waals surface area contributed by atoms with Crippen LogP contribution in [0.25, 0.3) is 0 Å². The first kappa shape index (κ1) is 10.4. The molecule has 1 saturated carbocycles. The molecule has 14 heavy (non-hydrogen) atoms. The van der Waals surface area contributed by atoms with Gasteiger partial charge >= 0.3 is 0 Å². The second-order valence-corrected chi connectivity index (χ2v) is 5.80. The normalized spacial score (nSPS) is 26.6. The van der Waals surface area contributed by atoms with Gasteiger partial charge in [-0.15, -0.1) is 0 Å². The largest absolute Gasteiger partial charge is 0.304 e. The molecule has 1 aliphatic heterocycles. The van der Waals surface area contributed by atoms with Crippen LogP contribution >= 0.6 is 0 Å². The van der Waals surface area contributed by atoms with Crippen LogP contribution in [-0.4, -0.2) is 56.9 Å². The molecule has 0 aromatic carbocycles. The Balaban J connectivity index is 1.92. The monoisotopic (exact) mass is 219 g/mol. The molecule has 2 aliphatic rings. The van der Waals surface area contributed by atoms with Gasteiger partial charge in [-0.1, -0.05) is 0 Å². The average molecular weight is 219 g/mol. The lowest BCUT2D eigenvalue weighted by Gasteiger charge is -2.31. The highest BCUT2D eigenvalue weighted by molar-refractivity contribution is 7.87. The van der Waals surface area contributed by atoms with E-state index < -0.39 is 10.2 Å². The van der Waals surface area contributed by atoms with Crippen LogP contribution in [0, 0.1) is 0 Å². The van der Waals surface area contributed by atoms with Gasteiger partial charge in [0.25, 0.3) is 10.2 Å². The van der Waals surface area contributed by atoms with E-state index in [4.69, 9.17) is 0 Å². The molecule has 0 aromatic rings. The fourth-order valence-electron chi connectivity index (χ4n) is 1.51. The van der Waals surface area contributed by atoms with Gasteiger partial charge in [-0.2, -0.15) is 17.4 Å². The second-order valence-electron chi connectivity index (χ2n) is 4.10. The van der Waals surface area contributed by atoms with Crippen molar-refractivity contribution in [2.45, 2.75) is 18.9 Å². The van der Waals surface area contributed by atoms with Crippen molar-refractivity contribution in [3.05, 3.63) is 0 Å². The maximum atomic E-state index is 11.7. The van der Waals surface area contributed by atoms with Crippen LogP contribution in [0.3, 0.4) is 0 Å². The number of likely N-dealkylation sites (N-methyl/N-ethyl adjacent to an activating group) is 1. The fraction of sp³-hybridized carbons (Fsp3) is 1.00. The third kappa shape index (κ3) is 2.44. The van der Waals surface area contributed by atoms with Gasteiger partial charge in [-0.25, -0.2) is 0 Å². The quantitative estimate of drug-likeness (QED) is 0.678. The first-order valence-corrected chi connectivity index (χ1v) is 6.48. The summed E-state index contributed by atoms with van der Waals surface area (Å²) in [6.45, 7) is 2.87. The van der Waals surface area contributed by atoms with Crippen molar-refractivity contribution in [2.75, 3.05) is 33.2 Å². The molecule has 1 aliphatic carbocycles. The Morgan fingerprint density at radius 1 is 1.14 bits per heavy atom. The van der Waals surface area contributed by atoms with E-state index in [0.29, 0.717) is 13.1 Å². The second kappa shape index (κ2) is 3.77. The molecule has 2 fully saturated rings. The van der Waals surface area contributed by atoms with Crippen molar-refractivity contribution >= 4 is 10.2 Å². The highest BCUT2D eigenvalue weighted by atomic mass is 32.2. The maximum absolute atomic E-state index is 11.7. The first-order chi connectivity index (χ1) is 6.58. The van der Waals surface area contributed by atoms with Gasteiger partial charge in [-0.3, -0.25) is 0 Å². The van der Waals surface area contributed by atoms with E-state index in [1.807, 2.05) is 7.05 Å². The summed E-state index contributed by atoms with van der Waals surface area (Å²) in [5, 5.41) is 0. The Kier molecular flexibility index (Phi) is 2.79. The van der Waals surface area contributed by atoms with Gasteiger partial charge in [0.1, 0.15) is 0 Å². The van der Waals surface area contributed by atoms with Crippen molar-refractivity contribution < 1.29 is 8.42 Å². The molecular weight excluding hydrogens is 202 g/mol. The zero-order chi connectivity index (χ0) is 10.2. The van der Waals surface area contributed by atoms with E-state index in [9.17, 15) is 8.42 Å². The van der Waals surface area contributed by atoms with Crippen LogP contribution in [0.5, 0.6) is 0 Å². The van der Waals surface area contributed by atoms with Gasteiger partial charge < -0.3 is 4.90 Å². The van der Waals surface area contributed by atoms with Crippen LogP contribution in [-0.2, 0) is 10.2 Å². The average Bonchev–Trinajstić information content (AvgIpc) is 2.88. The van der Waals surface area contributed by atoms with E-state index in [1.165, 1.54) is 0 Å². The summed E-state index contributed by atoms with van der Waals surface area (Å²) in [5.41, 5.74) is 0. The van der Waals surface area contributed by atoms with Crippen LogP contribution in [0.15, 0.2) is 0 Å². The standard InChI is InChI=1S/C8H17N3O2S/c1-10-4-6-11(7-5-10)14(12,13)9-8-2-3-8/h8-9H,2-7H2,1H3. The van der Waals surface area contributed by atoms with Gasteiger partial charge in [0.05, 0.1) is 0 Å². The van der Waals surface area contributed by atoms with E-state index >= 15 is 0 Å². The predicted octanol–water partition coefficient (Wildman–Crippen LogP) is -0.769. The maximum Gasteiger partial charge on any atom is 0.279 e. The third-order valence-corrected chi connectivity index (χ3v) is 4.37.